The molecule has 3 aliphatic rings. The van der Waals surface area contributed by atoms with Crippen LogP contribution in [0.25, 0.3) is 0 Å². The standard InChI is InChI=1S/C20H36O15/c1-6-10(25)18(15(31-6)7(24)3-21)35-20-14(29)17(12(27)9(5-23)33-20)34-19-13(28)16(30-2)11(26)8(4-22)32-19/h6-29H,3-5H2,1-2H3/t6?,7-,8?,9?,10?,11+,12+,13?,14?,15+,16+,17+,18+,19+,20-/m1/s1. The Morgan fingerprint density at radius 2 is 1.17 bits per heavy atom. The van der Waals surface area contributed by atoms with E-state index in [-0.39, 0.29) is 0 Å². The maximum Gasteiger partial charge on any atom is 0.187 e. The first kappa shape index (κ1) is 29.0. The molecule has 0 aromatic carbocycles. The number of aliphatic hydroxyl groups excluding tert-OH is 9. The van der Waals surface area contributed by atoms with E-state index in [1.54, 1.807) is 0 Å². The van der Waals surface area contributed by atoms with Crippen LogP contribution in [-0.2, 0) is 28.4 Å². The zero-order valence-corrected chi connectivity index (χ0v) is 19.3. The van der Waals surface area contributed by atoms with Crippen LogP contribution < -0.4 is 0 Å². The predicted octanol–water partition coefficient (Wildman–Crippen LogP) is -5.85. The van der Waals surface area contributed by atoms with Gasteiger partial charge in [-0.2, -0.15) is 0 Å². The van der Waals surface area contributed by atoms with Gasteiger partial charge in [-0.1, -0.05) is 0 Å². The molecule has 0 bridgehead atoms. The summed E-state index contributed by atoms with van der Waals surface area (Å²) in [6, 6.07) is 0. The second-order valence-corrected chi connectivity index (χ2v) is 8.86. The zero-order valence-electron chi connectivity index (χ0n) is 19.3. The van der Waals surface area contributed by atoms with Crippen LogP contribution >= 0.6 is 0 Å². The Kier molecular flexibility index (Phi) is 10.2. The van der Waals surface area contributed by atoms with E-state index in [9.17, 15) is 46.0 Å². The SMILES string of the molecule is CO[C@@H]1C(O)[C@H](O[C@@H]2C(O)[C@@H](O[C@H]3C(O)C(C)O[C@H]3[C@H](O)CO)OC(CO)[C@@H]2O)OC(CO)[C@@H]1O. The number of ether oxygens (including phenoxy) is 6. The lowest BCUT2D eigenvalue weighted by molar-refractivity contribution is -0.367. The van der Waals surface area contributed by atoms with Gasteiger partial charge in [0.05, 0.1) is 25.9 Å². The lowest BCUT2D eigenvalue weighted by Crippen LogP contribution is -2.65. The van der Waals surface area contributed by atoms with Crippen LogP contribution in [0.2, 0.25) is 0 Å². The van der Waals surface area contributed by atoms with Crippen LogP contribution in [0.15, 0.2) is 0 Å². The van der Waals surface area contributed by atoms with Crippen molar-refractivity contribution in [2.24, 2.45) is 0 Å². The third-order valence-corrected chi connectivity index (χ3v) is 6.58. The molecule has 0 amide bonds. The summed E-state index contributed by atoms with van der Waals surface area (Å²) >= 11 is 0. The van der Waals surface area contributed by atoms with Crippen LogP contribution in [0.4, 0.5) is 0 Å². The maximum atomic E-state index is 10.9. The normalized spacial score (nSPS) is 49.8. The first-order valence-electron chi connectivity index (χ1n) is 11.3. The molecular weight excluding hydrogens is 480 g/mol. The maximum absolute atomic E-state index is 10.9. The quantitative estimate of drug-likeness (QED) is 0.139. The van der Waals surface area contributed by atoms with Crippen LogP contribution in [0.1, 0.15) is 6.92 Å². The summed E-state index contributed by atoms with van der Waals surface area (Å²) in [7, 11) is 1.21. The van der Waals surface area contributed by atoms with Crippen molar-refractivity contribution in [1.82, 2.24) is 0 Å². The summed E-state index contributed by atoms with van der Waals surface area (Å²) in [4.78, 5) is 0. The van der Waals surface area contributed by atoms with Gasteiger partial charge in [-0.3, -0.25) is 0 Å². The van der Waals surface area contributed by atoms with Gasteiger partial charge in [0.25, 0.3) is 0 Å². The molecule has 15 atom stereocenters. The average molecular weight is 516 g/mol. The summed E-state index contributed by atoms with van der Waals surface area (Å²) in [6.07, 6.45) is -21.0. The van der Waals surface area contributed by atoms with Gasteiger partial charge in [0.2, 0.25) is 0 Å². The highest BCUT2D eigenvalue weighted by Gasteiger charge is 2.54. The van der Waals surface area contributed by atoms with Gasteiger partial charge in [0.15, 0.2) is 12.6 Å². The largest absolute Gasteiger partial charge is 0.394 e. The van der Waals surface area contributed by atoms with Crippen molar-refractivity contribution in [3.63, 3.8) is 0 Å². The summed E-state index contributed by atoms with van der Waals surface area (Å²) in [5, 5.41) is 91.2. The molecule has 0 spiro atoms. The van der Waals surface area contributed by atoms with Crippen LogP contribution in [0.3, 0.4) is 0 Å². The fraction of sp³-hybridized carbons (Fsp3) is 1.00. The molecule has 3 aliphatic heterocycles. The Morgan fingerprint density at radius 1 is 0.686 bits per heavy atom. The van der Waals surface area contributed by atoms with Crippen LogP contribution in [0, 0.1) is 0 Å². The van der Waals surface area contributed by atoms with E-state index in [2.05, 4.69) is 0 Å². The Morgan fingerprint density at radius 3 is 1.66 bits per heavy atom. The van der Waals surface area contributed by atoms with E-state index < -0.39 is 112 Å². The van der Waals surface area contributed by atoms with Crippen molar-refractivity contribution in [2.45, 2.75) is 98.9 Å². The lowest BCUT2D eigenvalue weighted by Gasteiger charge is -2.47. The van der Waals surface area contributed by atoms with Gasteiger partial charge < -0.3 is 74.4 Å². The average Bonchev–Trinajstić information content (AvgIpc) is 3.12. The van der Waals surface area contributed by atoms with Gasteiger partial charge in [0.1, 0.15) is 73.2 Å². The molecule has 6 unspecified atom stereocenters. The van der Waals surface area contributed by atoms with Gasteiger partial charge in [-0.25, -0.2) is 0 Å². The number of hydrogen-bond donors (Lipinski definition) is 9. The minimum absolute atomic E-state index is 0.649. The fourth-order valence-electron chi connectivity index (χ4n) is 4.52. The molecule has 0 radical (unpaired) electrons. The first-order valence-corrected chi connectivity index (χ1v) is 11.3. The predicted molar refractivity (Wildman–Crippen MR) is 109 cm³/mol. The molecule has 3 saturated heterocycles. The molecule has 206 valence electrons. The third-order valence-electron chi connectivity index (χ3n) is 6.58. The van der Waals surface area contributed by atoms with Crippen molar-refractivity contribution >= 4 is 0 Å². The van der Waals surface area contributed by atoms with Crippen molar-refractivity contribution in [3.8, 4) is 0 Å². The summed E-state index contributed by atoms with van der Waals surface area (Å²) < 4.78 is 32.6. The Bertz CT molecular complexity index is 656. The van der Waals surface area contributed by atoms with E-state index in [0.717, 1.165) is 0 Å². The van der Waals surface area contributed by atoms with Crippen molar-refractivity contribution in [2.75, 3.05) is 26.9 Å². The molecule has 0 aromatic heterocycles. The molecule has 9 N–H and O–H groups in total. The molecule has 0 aromatic rings. The van der Waals surface area contributed by atoms with Gasteiger partial charge in [-0.05, 0) is 6.92 Å². The number of rotatable bonds is 9. The number of methoxy groups -OCH3 is 1. The third kappa shape index (κ3) is 5.79. The molecule has 0 saturated carbocycles. The second kappa shape index (κ2) is 12.3. The van der Waals surface area contributed by atoms with E-state index in [1.165, 1.54) is 14.0 Å². The fourth-order valence-corrected chi connectivity index (χ4v) is 4.52. The highest BCUT2D eigenvalue weighted by atomic mass is 16.7. The topological polar surface area (TPSA) is 237 Å². The Labute approximate surface area is 200 Å². The van der Waals surface area contributed by atoms with Crippen molar-refractivity contribution in [3.05, 3.63) is 0 Å². The number of aliphatic hydroxyl groups is 9. The minimum Gasteiger partial charge on any atom is -0.394 e. The monoisotopic (exact) mass is 516 g/mol. The summed E-state index contributed by atoms with van der Waals surface area (Å²) in [5.74, 6) is 0. The van der Waals surface area contributed by atoms with E-state index in [0.29, 0.717) is 0 Å². The lowest BCUT2D eigenvalue weighted by atomic mass is 9.96. The number of hydrogen-bond acceptors (Lipinski definition) is 15. The minimum atomic E-state index is -1.78. The highest BCUT2D eigenvalue weighted by Crippen LogP contribution is 2.33. The molecule has 15 heteroatoms. The van der Waals surface area contributed by atoms with Gasteiger partial charge >= 0.3 is 0 Å². The molecule has 35 heavy (non-hydrogen) atoms. The van der Waals surface area contributed by atoms with Crippen molar-refractivity contribution in [1.29, 1.82) is 0 Å². The van der Waals surface area contributed by atoms with Gasteiger partial charge in [-0.15, -0.1) is 0 Å². The Balaban J connectivity index is 1.79. The molecule has 15 nitrogen and oxygen atoms in total. The smallest absolute Gasteiger partial charge is 0.187 e. The van der Waals surface area contributed by atoms with Crippen LogP contribution in [0.5, 0.6) is 0 Å². The second-order valence-electron chi connectivity index (χ2n) is 8.86. The molecule has 0 aliphatic carbocycles. The summed E-state index contributed by atoms with van der Waals surface area (Å²) in [5.41, 5.74) is 0. The van der Waals surface area contributed by atoms with Gasteiger partial charge in [0, 0.05) is 7.11 Å². The highest BCUT2D eigenvalue weighted by molar-refractivity contribution is 4.97. The molecule has 3 heterocycles. The summed E-state index contributed by atoms with van der Waals surface area (Å²) in [6.45, 7) is -0.570. The zero-order chi connectivity index (χ0) is 26.0. The van der Waals surface area contributed by atoms with E-state index >= 15 is 0 Å². The molecule has 3 fully saturated rings. The molecular formula is C20H36O15. The van der Waals surface area contributed by atoms with E-state index in [1.807, 2.05) is 0 Å². The van der Waals surface area contributed by atoms with E-state index in [4.69, 9.17) is 28.4 Å². The Hall–Kier alpha value is -0.600. The first-order chi connectivity index (χ1) is 16.6. The van der Waals surface area contributed by atoms with Crippen LogP contribution in [-0.4, -0.2) is 165 Å². The molecule has 3 rings (SSSR count). The van der Waals surface area contributed by atoms with Crippen molar-refractivity contribution < 1.29 is 74.4 Å².